The van der Waals surface area contributed by atoms with Gasteiger partial charge >= 0.3 is 0 Å². The highest BCUT2D eigenvalue weighted by atomic mass is 79.9. The van der Waals surface area contributed by atoms with Crippen LogP contribution in [0.2, 0.25) is 0 Å². The standard InChI is InChI=1S/C8H5BrClNO2S2/c9-3-5-1-6(14)2-8(7(5)4-11)15(10,12)13/h1-2,14H,3H2. The fraction of sp³-hybridized carbons (Fsp3) is 0.125. The fourth-order valence-corrected chi connectivity index (χ4v) is 2.95. The van der Waals surface area contributed by atoms with Crippen LogP contribution in [0.5, 0.6) is 0 Å². The van der Waals surface area contributed by atoms with E-state index in [1.807, 2.05) is 6.07 Å². The van der Waals surface area contributed by atoms with Crippen LogP contribution >= 0.6 is 39.2 Å². The van der Waals surface area contributed by atoms with Gasteiger partial charge in [0.05, 0.1) is 5.56 Å². The van der Waals surface area contributed by atoms with E-state index in [-0.39, 0.29) is 10.5 Å². The molecule has 15 heavy (non-hydrogen) atoms. The van der Waals surface area contributed by atoms with Gasteiger partial charge in [-0.25, -0.2) is 8.42 Å². The molecule has 0 unspecified atom stereocenters. The Kier molecular flexibility index (Phi) is 4.06. The molecule has 7 heteroatoms. The Morgan fingerprint density at radius 2 is 2.13 bits per heavy atom. The van der Waals surface area contributed by atoms with Gasteiger partial charge in [0.15, 0.2) is 0 Å². The first-order valence-corrected chi connectivity index (χ1v) is 7.54. The second-order valence-electron chi connectivity index (χ2n) is 2.66. The number of benzene rings is 1. The summed E-state index contributed by atoms with van der Waals surface area (Å²) in [5.74, 6) is 0. The smallest absolute Gasteiger partial charge is 0.207 e. The summed E-state index contributed by atoms with van der Waals surface area (Å²) in [5, 5.41) is 9.23. The first-order valence-electron chi connectivity index (χ1n) is 3.66. The van der Waals surface area contributed by atoms with E-state index in [1.54, 1.807) is 6.07 Å². The molecule has 0 atom stereocenters. The van der Waals surface area contributed by atoms with E-state index in [0.29, 0.717) is 15.8 Å². The number of alkyl halides is 1. The summed E-state index contributed by atoms with van der Waals surface area (Å²) >= 11 is 7.20. The quantitative estimate of drug-likeness (QED) is 0.516. The van der Waals surface area contributed by atoms with Crippen LogP contribution in [0.15, 0.2) is 21.9 Å². The topological polar surface area (TPSA) is 57.9 Å². The molecule has 0 aliphatic rings. The number of nitriles is 1. The SMILES string of the molecule is N#Cc1c(CBr)cc(S)cc1S(=O)(=O)Cl. The third-order valence-electron chi connectivity index (χ3n) is 1.69. The maximum Gasteiger partial charge on any atom is 0.262 e. The Morgan fingerprint density at radius 3 is 2.53 bits per heavy atom. The van der Waals surface area contributed by atoms with Gasteiger partial charge in [-0.3, -0.25) is 0 Å². The molecule has 80 valence electrons. The molecule has 0 heterocycles. The molecule has 0 saturated carbocycles. The van der Waals surface area contributed by atoms with Crippen molar-refractivity contribution >= 4 is 48.3 Å². The molecule has 0 amide bonds. The summed E-state index contributed by atoms with van der Waals surface area (Å²) in [6.45, 7) is 0. The third-order valence-corrected chi connectivity index (χ3v) is 3.90. The van der Waals surface area contributed by atoms with Crippen molar-refractivity contribution in [2.75, 3.05) is 0 Å². The summed E-state index contributed by atoms with van der Waals surface area (Å²) in [7, 11) is 1.29. The van der Waals surface area contributed by atoms with Gasteiger partial charge in [-0.2, -0.15) is 5.26 Å². The van der Waals surface area contributed by atoms with Gasteiger partial charge in [0.1, 0.15) is 11.0 Å². The molecule has 0 spiro atoms. The van der Waals surface area contributed by atoms with Crippen LogP contribution in [-0.2, 0) is 14.4 Å². The van der Waals surface area contributed by atoms with Crippen LogP contribution in [-0.4, -0.2) is 8.42 Å². The minimum Gasteiger partial charge on any atom is -0.207 e. The van der Waals surface area contributed by atoms with Gasteiger partial charge in [-0.1, -0.05) is 15.9 Å². The van der Waals surface area contributed by atoms with Crippen molar-refractivity contribution in [3.8, 4) is 6.07 Å². The van der Waals surface area contributed by atoms with Crippen LogP contribution in [0, 0.1) is 11.3 Å². The molecule has 0 aromatic heterocycles. The molecule has 0 fully saturated rings. The van der Waals surface area contributed by atoms with Gasteiger partial charge in [-0.15, -0.1) is 12.6 Å². The highest BCUT2D eigenvalue weighted by Gasteiger charge is 2.19. The number of hydrogen-bond acceptors (Lipinski definition) is 4. The molecule has 1 aromatic rings. The summed E-state index contributed by atoms with van der Waals surface area (Å²) in [6.07, 6.45) is 0. The molecule has 0 saturated heterocycles. The number of halogens is 2. The van der Waals surface area contributed by atoms with Gasteiger partial charge in [0, 0.05) is 20.9 Å². The highest BCUT2D eigenvalue weighted by molar-refractivity contribution is 9.08. The lowest BCUT2D eigenvalue weighted by molar-refractivity contribution is 0.609. The van der Waals surface area contributed by atoms with Crippen molar-refractivity contribution in [1.82, 2.24) is 0 Å². The Morgan fingerprint density at radius 1 is 1.53 bits per heavy atom. The van der Waals surface area contributed by atoms with Gasteiger partial charge in [0.25, 0.3) is 9.05 Å². The van der Waals surface area contributed by atoms with Crippen molar-refractivity contribution in [3.05, 3.63) is 23.3 Å². The summed E-state index contributed by atoms with van der Waals surface area (Å²) in [5.41, 5.74) is 0.601. The van der Waals surface area contributed by atoms with Crippen molar-refractivity contribution < 1.29 is 8.42 Å². The molecule has 0 N–H and O–H groups in total. The maximum absolute atomic E-state index is 11.2. The molecule has 3 nitrogen and oxygen atoms in total. The summed E-state index contributed by atoms with van der Waals surface area (Å²) in [6, 6.07) is 4.69. The minimum absolute atomic E-state index is 0.0553. The number of nitrogens with zero attached hydrogens (tertiary/aromatic N) is 1. The van der Waals surface area contributed by atoms with E-state index in [1.165, 1.54) is 6.07 Å². The van der Waals surface area contributed by atoms with E-state index in [2.05, 4.69) is 28.6 Å². The van der Waals surface area contributed by atoms with Crippen LogP contribution in [0.25, 0.3) is 0 Å². The Labute approximate surface area is 106 Å². The first-order chi connectivity index (χ1) is 6.90. The van der Waals surface area contributed by atoms with Crippen LogP contribution in [0.3, 0.4) is 0 Å². The molecular weight excluding hydrogens is 322 g/mol. The molecule has 0 aliphatic carbocycles. The molecule has 1 aromatic carbocycles. The second-order valence-corrected chi connectivity index (χ2v) is 6.27. The molecule has 0 radical (unpaired) electrons. The lowest BCUT2D eigenvalue weighted by Gasteiger charge is -2.06. The van der Waals surface area contributed by atoms with E-state index in [0.717, 1.165) is 0 Å². The lowest BCUT2D eigenvalue weighted by atomic mass is 10.1. The van der Waals surface area contributed by atoms with Crippen LogP contribution in [0.4, 0.5) is 0 Å². The third kappa shape index (κ3) is 2.88. The van der Waals surface area contributed by atoms with E-state index < -0.39 is 9.05 Å². The Balaban J connectivity index is 3.66. The second kappa shape index (κ2) is 4.74. The number of rotatable bonds is 2. The van der Waals surface area contributed by atoms with Gasteiger partial charge in [0.2, 0.25) is 0 Å². The van der Waals surface area contributed by atoms with Crippen molar-refractivity contribution in [2.45, 2.75) is 15.1 Å². The predicted octanol–water partition coefficient (Wildman–Crippen LogP) is 2.67. The zero-order valence-electron chi connectivity index (χ0n) is 7.24. The number of hydrogen-bond donors (Lipinski definition) is 1. The van der Waals surface area contributed by atoms with E-state index in [9.17, 15) is 8.42 Å². The Hall–Kier alpha value is -0.220. The zero-order chi connectivity index (χ0) is 11.6. The van der Waals surface area contributed by atoms with Crippen molar-refractivity contribution in [3.63, 3.8) is 0 Å². The van der Waals surface area contributed by atoms with E-state index >= 15 is 0 Å². The zero-order valence-corrected chi connectivity index (χ0v) is 11.3. The van der Waals surface area contributed by atoms with Crippen LogP contribution < -0.4 is 0 Å². The fourth-order valence-electron chi connectivity index (χ4n) is 1.08. The molecular formula is C8H5BrClNO2S2. The maximum atomic E-state index is 11.2. The lowest BCUT2D eigenvalue weighted by Crippen LogP contribution is -1.99. The predicted molar refractivity (Wildman–Crippen MR) is 64.1 cm³/mol. The normalized spacial score (nSPS) is 11.1. The van der Waals surface area contributed by atoms with Gasteiger partial charge < -0.3 is 0 Å². The number of thiol groups is 1. The monoisotopic (exact) mass is 325 g/mol. The van der Waals surface area contributed by atoms with Crippen molar-refractivity contribution in [2.24, 2.45) is 0 Å². The Bertz CT molecular complexity index is 536. The molecule has 1 rings (SSSR count). The summed E-state index contributed by atoms with van der Waals surface area (Å²) < 4.78 is 22.4. The largest absolute Gasteiger partial charge is 0.262 e. The molecule has 0 aliphatic heterocycles. The average molecular weight is 327 g/mol. The summed E-state index contributed by atoms with van der Waals surface area (Å²) in [4.78, 5) is 0.247. The average Bonchev–Trinajstić information content (AvgIpc) is 2.15. The van der Waals surface area contributed by atoms with Crippen molar-refractivity contribution in [1.29, 1.82) is 5.26 Å². The first kappa shape index (κ1) is 12.8. The molecule has 0 bridgehead atoms. The highest BCUT2D eigenvalue weighted by Crippen LogP contribution is 2.27. The van der Waals surface area contributed by atoms with Gasteiger partial charge in [-0.05, 0) is 17.7 Å². The minimum atomic E-state index is -3.92. The van der Waals surface area contributed by atoms with Crippen LogP contribution in [0.1, 0.15) is 11.1 Å². The van der Waals surface area contributed by atoms with E-state index in [4.69, 9.17) is 15.9 Å².